The number of rotatable bonds is 5. The van der Waals surface area contributed by atoms with Crippen molar-refractivity contribution in [3.05, 3.63) is 48.8 Å². The third-order valence-corrected chi connectivity index (χ3v) is 3.30. The molecular weight excluding hydrogens is 230 g/mol. The van der Waals surface area contributed by atoms with Gasteiger partial charge in [0.2, 0.25) is 0 Å². The maximum Gasteiger partial charge on any atom is 0.0736 e. The molecule has 0 amide bonds. The molecule has 1 aromatic heterocycles. The van der Waals surface area contributed by atoms with Crippen molar-refractivity contribution >= 4 is 23.1 Å². The molecule has 3 nitrogen and oxygen atoms in total. The first-order chi connectivity index (χ1) is 8.36. The van der Waals surface area contributed by atoms with Gasteiger partial charge in [0.1, 0.15) is 0 Å². The highest BCUT2D eigenvalue weighted by Gasteiger charge is 1.97. The average molecular weight is 245 g/mol. The van der Waals surface area contributed by atoms with Crippen LogP contribution in [-0.4, -0.2) is 17.3 Å². The maximum absolute atomic E-state index is 5.78. The van der Waals surface area contributed by atoms with E-state index in [9.17, 15) is 0 Å². The smallest absolute Gasteiger partial charge is 0.0736 e. The van der Waals surface area contributed by atoms with Gasteiger partial charge in [-0.25, -0.2) is 0 Å². The molecule has 0 fully saturated rings. The van der Waals surface area contributed by atoms with Crippen LogP contribution in [0.25, 0.3) is 0 Å². The molecule has 4 heteroatoms. The molecule has 2 aromatic rings. The summed E-state index contributed by atoms with van der Waals surface area (Å²) >= 11 is 1.83. The topological polar surface area (TPSA) is 50.9 Å². The summed E-state index contributed by atoms with van der Waals surface area (Å²) in [5, 5.41) is 3.30. The highest BCUT2D eigenvalue weighted by Crippen LogP contribution is 2.18. The SMILES string of the molecule is Nc1cnccc1NCCSc1ccccc1. The molecule has 0 saturated carbocycles. The third-order valence-electron chi connectivity index (χ3n) is 2.28. The van der Waals surface area contributed by atoms with Crippen LogP contribution in [0.3, 0.4) is 0 Å². The normalized spacial score (nSPS) is 10.1. The molecule has 0 unspecified atom stereocenters. The number of nitrogens with two attached hydrogens (primary N) is 1. The zero-order valence-electron chi connectivity index (χ0n) is 9.47. The number of thioether (sulfide) groups is 1. The second-order valence-corrected chi connectivity index (χ2v) is 4.72. The van der Waals surface area contributed by atoms with Crippen molar-refractivity contribution in [3.8, 4) is 0 Å². The first-order valence-corrected chi connectivity index (χ1v) is 6.46. The lowest BCUT2D eigenvalue weighted by atomic mass is 10.3. The predicted octanol–water partition coefficient (Wildman–Crippen LogP) is 2.87. The lowest BCUT2D eigenvalue weighted by Crippen LogP contribution is -2.06. The predicted molar refractivity (Wildman–Crippen MR) is 74.3 cm³/mol. The van der Waals surface area contributed by atoms with Crippen molar-refractivity contribution in [2.45, 2.75) is 4.90 Å². The Labute approximate surface area is 105 Å². The molecule has 0 aliphatic carbocycles. The summed E-state index contributed by atoms with van der Waals surface area (Å²) in [6.07, 6.45) is 3.40. The number of aromatic nitrogens is 1. The Hall–Kier alpha value is -1.68. The summed E-state index contributed by atoms with van der Waals surface area (Å²) in [5.74, 6) is 1.01. The molecule has 0 bridgehead atoms. The van der Waals surface area contributed by atoms with Gasteiger partial charge in [0.25, 0.3) is 0 Å². The van der Waals surface area contributed by atoms with Gasteiger partial charge in [-0.15, -0.1) is 11.8 Å². The minimum absolute atomic E-state index is 0.692. The van der Waals surface area contributed by atoms with Crippen LogP contribution in [0.1, 0.15) is 0 Å². The first kappa shape index (κ1) is 11.8. The van der Waals surface area contributed by atoms with Crippen LogP contribution in [0, 0.1) is 0 Å². The summed E-state index contributed by atoms with van der Waals surface area (Å²) < 4.78 is 0. The van der Waals surface area contributed by atoms with E-state index in [1.165, 1.54) is 4.90 Å². The number of nitrogens with one attached hydrogen (secondary N) is 1. The standard InChI is InChI=1S/C13H15N3S/c14-12-10-15-7-6-13(12)16-8-9-17-11-4-2-1-3-5-11/h1-7,10H,8-9,14H2,(H,15,16). The Morgan fingerprint density at radius 2 is 2.00 bits per heavy atom. The summed E-state index contributed by atoms with van der Waals surface area (Å²) in [5.41, 5.74) is 7.43. The second-order valence-electron chi connectivity index (χ2n) is 3.55. The fourth-order valence-corrected chi connectivity index (χ4v) is 2.23. The monoisotopic (exact) mass is 245 g/mol. The first-order valence-electron chi connectivity index (χ1n) is 5.47. The molecule has 0 aliphatic heterocycles. The van der Waals surface area contributed by atoms with Crippen molar-refractivity contribution < 1.29 is 0 Å². The van der Waals surface area contributed by atoms with Gasteiger partial charge in [-0.1, -0.05) is 18.2 Å². The van der Waals surface area contributed by atoms with Crippen LogP contribution in [0.2, 0.25) is 0 Å². The van der Waals surface area contributed by atoms with Gasteiger partial charge in [0.05, 0.1) is 17.6 Å². The number of nitrogens with zero attached hydrogens (tertiary/aromatic N) is 1. The zero-order chi connectivity index (χ0) is 11.9. The molecule has 0 saturated heterocycles. The van der Waals surface area contributed by atoms with E-state index >= 15 is 0 Å². The fourth-order valence-electron chi connectivity index (χ4n) is 1.44. The van der Waals surface area contributed by atoms with Gasteiger partial charge >= 0.3 is 0 Å². The fraction of sp³-hybridized carbons (Fsp3) is 0.154. The van der Waals surface area contributed by atoms with Gasteiger partial charge in [-0.3, -0.25) is 4.98 Å². The van der Waals surface area contributed by atoms with E-state index in [2.05, 4.69) is 34.6 Å². The van der Waals surface area contributed by atoms with Gasteiger partial charge in [0.15, 0.2) is 0 Å². The van der Waals surface area contributed by atoms with Gasteiger partial charge in [-0.05, 0) is 18.2 Å². The highest BCUT2D eigenvalue weighted by molar-refractivity contribution is 7.99. The van der Waals surface area contributed by atoms with E-state index in [1.807, 2.05) is 23.9 Å². The number of hydrogen-bond donors (Lipinski definition) is 2. The molecular formula is C13H15N3S. The van der Waals surface area contributed by atoms with Crippen LogP contribution in [0.5, 0.6) is 0 Å². The Morgan fingerprint density at radius 3 is 2.76 bits per heavy atom. The van der Waals surface area contributed by atoms with Crippen LogP contribution < -0.4 is 11.1 Å². The van der Waals surface area contributed by atoms with E-state index < -0.39 is 0 Å². The molecule has 2 rings (SSSR count). The van der Waals surface area contributed by atoms with Crippen molar-refractivity contribution in [2.75, 3.05) is 23.3 Å². The number of hydrogen-bond acceptors (Lipinski definition) is 4. The van der Waals surface area contributed by atoms with Gasteiger partial charge in [0, 0.05) is 23.4 Å². The Bertz CT molecular complexity index is 459. The van der Waals surface area contributed by atoms with E-state index in [0.717, 1.165) is 18.0 Å². The van der Waals surface area contributed by atoms with Gasteiger partial charge in [-0.2, -0.15) is 0 Å². The van der Waals surface area contributed by atoms with Crippen molar-refractivity contribution in [1.82, 2.24) is 4.98 Å². The minimum atomic E-state index is 0.692. The van der Waals surface area contributed by atoms with Crippen LogP contribution in [0.4, 0.5) is 11.4 Å². The van der Waals surface area contributed by atoms with E-state index in [0.29, 0.717) is 5.69 Å². The lowest BCUT2D eigenvalue weighted by Gasteiger charge is -2.08. The largest absolute Gasteiger partial charge is 0.396 e. The van der Waals surface area contributed by atoms with Crippen molar-refractivity contribution in [3.63, 3.8) is 0 Å². The molecule has 3 N–H and O–H groups in total. The van der Waals surface area contributed by atoms with Gasteiger partial charge < -0.3 is 11.1 Å². The second kappa shape index (κ2) is 6.15. The Morgan fingerprint density at radius 1 is 1.18 bits per heavy atom. The molecule has 0 atom stereocenters. The molecule has 0 radical (unpaired) electrons. The van der Waals surface area contributed by atoms with Crippen LogP contribution >= 0.6 is 11.8 Å². The molecule has 17 heavy (non-hydrogen) atoms. The molecule has 0 spiro atoms. The average Bonchev–Trinajstić information content (AvgIpc) is 2.38. The van der Waals surface area contributed by atoms with Crippen LogP contribution in [-0.2, 0) is 0 Å². The van der Waals surface area contributed by atoms with Crippen LogP contribution in [0.15, 0.2) is 53.7 Å². The highest BCUT2D eigenvalue weighted by atomic mass is 32.2. The molecule has 0 aliphatic rings. The van der Waals surface area contributed by atoms with E-state index in [-0.39, 0.29) is 0 Å². The quantitative estimate of drug-likeness (QED) is 0.628. The third kappa shape index (κ3) is 3.67. The Kier molecular flexibility index (Phi) is 4.27. The van der Waals surface area contributed by atoms with E-state index in [4.69, 9.17) is 5.73 Å². The molecule has 1 heterocycles. The summed E-state index contributed by atoms with van der Waals surface area (Å²) in [6.45, 7) is 0.883. The Balaban J connectivity index is 1.76. The number of pyridine rings is 1. The number of anilines is 2. The molecule has 88 valence electrons. The minimum Gasteiger partial charge on any atom is -0.396 e. The van der Waals surface area contributed by atoms with E-state index in [1.54, 1.807) is 12.4 Å². The number of nitrogen functional groups attached to an aromatic ring is 1. The summed E-state index contributed by atoms with van der Waals surface area (Å²) in [7, 11) is 0. The van der Waals surface area contributed by atoms with Crippen molar-refractivity contribution in [2.24, 2.45) is 0 Å². The number of benzene rings is 1. The maximum atomic E-state index is 5.78. The lowest BCUT2D eigenvalue weighted by molar-refractivity contribution is 1.21. The summed E-state index contributed by atoms with van der Waals surface area (Å²) in [6, 6.07) is 12.3. The molecule has 1 aromatic carbocycles. The van der Waals surface area contributed by atoms with Crippen molar-refractivity contribution in [1.29, 1.82) is 0 Å². The summed E-state index contributed by atoms with van der Waals surface area (Å²) in [4.78, 5) is 5.24. The zero-order valence-corrected chi connectivity index (χ0v) is 10.3.